The highest BCUT2D eigenvalue weighted by Gasteiger charge is 2.24. The number of hydrogen-bond donors (Lipinski definition) is 2. The lowest BCUT2D eigenvalue weighted by Gasteiger charge is -2.21. The minimum atomic E-state index is -1.20. The molecule has 110 valence electrons. The van der Waals surface area contributed by atoms with E-state index in [9.17, 15) is 14.7 Å². The van der Waals surface area contributed by atoms with Crippen molar-refractivity contribution in [3.05, 3.63) is 35.9 Å². The summed E-state index contributed by atoms with van der Waals surface area (Å²) in [5.74, 6) is -0.369. The summed E-state index contributed by atoms with van der Waals surface area (Å²) in [6.45, 7) is 3.36. The first-order valence-corrected chi connectivity index (χ1v) is 6.70. The molecule has 5 heteroatoms. The van der Waals surface area contributed by atoms with Gasteiger partial charge in [0.1, 0.15) is 12.7 Å². The Morgan fingerprint density at radius 3 is 2.50 bits per heavy atom. The number of nitrogens with one attached hydrogen (secondary N) is 1. The number of aliphatic hydroxyl groups excluding tert-OH is 1. The molecular weight excluding hydrogens is 258 g/mol. The molecule has 20 heavy (non-hydrogen) atoms. The highest BCUT2D eigenvalue weighted by molar-refractivity contribution is 5.81. The van der Waals surface area contributed by atoms with Crippen molar-refractivity contribution in [1.82, 2.24) is 5.32 Å². The third-order valence-corrected chi connectivity index (χ3v) is 2.91. The Balaban J connectivity index is 2.47. The third kappa shape index (κ3) is 5.40. The van der Waals surface area contributed by atoms with Crippen molar-refractivity contribution in [1.29, 1.82) is 0 Å². The van der Waals surface area contributed by atoms with Gasteiger partial charge in [-0.1, -0.05) is 43.7 Å². The number of alkyl carbamates (subject to hydrolysis) is 1. The molecular formula is C15H21NO4. The minimum absolute atomic E-state index is 0.154. The summed E-state index contributed by atoms with van der Waals surface area (Å²) in [5, 5.41) is 12.3. The summed E-state index contributed by atoms with van der Waals surface area (Å²) in [6.07, 6.45) is -0.568. The van der Waals surface area contributed by atoms with Crippen LogP contribution in [0, 0.1) is 0 Å². The van der Waals surface area contributed by atoms with Crippen LogP contribution < -0.4 is 5.32 Å². The fourth-order valence-corrected chi connectivity index (χ4v) is 1.82. The molecule has 1 aromatic rings. The van der Waals surface area contributed by atoms with Crippen LogP contribution in [-0.2, 0) is 16.1 Å². The molecule has 0 aromatic heterocycles. The molecule has 0 aliphatic heterocycles. The van der Waals surface area contributed by atoms with Crippen LogP contribution in [0.5, 0.6) is 0 Å². The molecule has 0 spiro atoms. The lowest BCUT2D eigenvalue weighted by atomic mass is 10.0. The Morgan fingerprint density at radius 1 is 1.30 bits per heavy atom. The zero-order chi connectivity index (χ0) is 15.0. The first-order valence-electron chi connectivity index (χ1n) is 6.70. The normalized spacial score (nSPS) is 13.3. The van der Waals surface area contributed by atoms with Crippen LogP contribution in [0.1, 0.15) is 32.3 Å². The van der Waals surface area contributed by atoms with Gasteiger partial charge in [0.05, 0.1) is 6.04 Å². The van der Waals surface area contributed by atoms with Crippen molar-refractivity contribution in [3.8, 4) is 0 Å². The van der Waals surface area contributed by atoms with E-state index >= 15 is 0 Å². The van der Waals surface area contributed by atoms with Crippen molar-refractivity contribution in [2.75, 3.05) is 0 Å². The lowest BCUT2D eigenvalue weighted by Crippen LogP contribution is -2.46. The fourth-order valence-electron chi connectivity index (χ4n) is 1.82. The van der Waals surface area contributed by atoms with Crippen LogP contribution in [0.25, 0.3) is 0 Å². The number of rotatable bonds is 7. The number of amides is 1. The van der Waals surface area contributed by atoms with Crippen molar-refractivity contribution in [2.45, 2.75) is 45.4 Å². The average Bonchev–Trinajstić information content (AvgIpc) is 2.45. The Bertz CT molecular complexity index is 433. The average molecular weight is 279 g/mol. The van der Waals surface area contributed by atoms with Crippen molar-refractivity contribution >= 4 is 11.9 Å². The van der Waals surface area contributed by atoms with Gasteiger partial charge in [-0.2, -0.15) is 0 Å². The maximum Gasteiger partial charge on any atom is 0.407 e. The van der Waals surface area contributed by atoms with Crippen LogP contribution >= 0.6 is 0 Å². The summed E-state index contributed by atoms with van der Waals surface area (Å²) in [7, 11) is 0. The number of Topliss-reactive ketones (excluding diaryl/α,β-unsaturated/α-hetero) is 1. The van der Waals surface area contributed by atoms with Gasteiger partial charge in [-0.15, -0.1) is 0 Å². The molecule has 0 aliphatic rings. The van der Waals surface area contributed by atoms with Crippen molar-refractivity contribution < 1.29 is 19.4 Å². The highest BCUT2D eigenvalue weighted by atomic mass is 16.5. The quantitative estimate of drug-likeness (QED) is 0.800. The number of ketones is 1. The second-order valence-corrected chi connectivity index (χ2v) is 4.66. The van der Waals surface area contributed by atoms with E-state index in [0.717, 1.165) is 12.0 Å². The minimum Gasteiger partial charge on any atom is -0.445 e. The number of benzene rings is 1. The maximum atomic E-state index is 11.7. The zero-order valence-electron chi connectivity index (χ0n) is 11.8. The molecule has 1 amide bonds. The Morgan fingerprint density at radius 2 is 1.95 bits per heavy atom. The molecule has 0 bridgehead atoms. The second kappa shape index (κ2) is 8.32. The fraction of sp³-hybridized carbons (Fsp3) is 0.467. The Kier molecular flexibility index (Phi) is 6.73. The van der Waals surface area contributed by atoms with Crippen LogP contribution in [0.4, 0.5) is 4.79 Å². The first kappa shape index (κ1) is 16.2. The first-order chi connectivity index (χ1) is 9.54. The van der Waals surface area contributed by atoms with Gasteiger partial charge in [0.15, 0.2) is 5.78 Å². The summed E-state index contributed by atoms with van der Waals surface area (Å²) in [6, 6.07) is 8.68. The van der Waals surface area contributed by atoms with Gasteiger partial charge in [0.2, 0.25) is 0 Å². The largest absolute Gasteiger partial charge is 0.445 e. The Labute approximate surface area is 118 Å². The molecule has 2 atom stereocenters. The topological polar surface area (TPSA) is 75.6 Å². The number of hydrogen-bond acceptors (Lipinski definition) is 4. The number of carbonyl (C=O) groups excluding carboxylic acids is 2. The van der Waals surface area contributed by atoms with Crippen molar-refractivity contribution in [3.63, 3.8) is 0 Å². The molecule has 1 aromatic carbocycles. The Hall–Kier alpha value is -1.88. The molecule has 0 fully saturated rings. The van der Waals surface area contributed by atoms with Crippen LogP contribution in [0.15, 0.2) is 30.3 Å². The summed E-state index contributed by atoms with van der Waals surface area (Å²) >= 11 is 0. The van der Waals surface area contributed by atoms with Crippen LogP contribution in [0.3, 0.4) is 0 Å². The van der Waals surface area contributed by atoms with Gasteiger partial charge in [0.25, 0.3) is 0 Å². The second-order valence-electron chi connectivity index (χ2n) is 4.66. The van der Waals surface area contributed by atoms with Gasteiger partial charge in [-0.3, -0.25) is 4.79 Å². The van der Waals surface area contributed by atoms with Crippen LogP contribution in [0.2, 0.25) is 0 Å². The maximum absolute atomic E-state index is 11.7. The molecule has 1 rings (SSSR count). The van der Waals surface area contributed by atoms with Crippen LogP contribution in [-0.4, -0.2) is 29.1 Å². The highest BCUT2D eigenvalue weighted by Crippen LogP contribution is 2.06. The monoisotopic (exact) mass is 279 g/mol. The smallest absolute Gasteiger partial charge is 0.407 e. The van der Waals surface area contributed by atoms with E-state index in [1.807, 2.05) is 37.3 Å². The van der Waals surface area contributed by atoms with Crippen molar-refractivity contribution in [2.24, 2.45) is 0 Å². The molecule has 0 radical (unpaired) electrons. The van der Waals surface area contributed by atoms with Gasteiger partial charge < -0.3 is 15.2 Å². The molecule has 5 nitrogen and oxygen atoms in total. The lowest BCUT2D eigenvalue weighted by molar-refractivity contribution is -0.126. The number of aliphatic hydroxyl groups is 1. The van der Waals surface area contributed by atoms with E-state index < -0.39 is 18.2 Å². The number of ether oxygens (including phenoxy) is 1. The molecule has 0 heterocycles. The van der Waals surface area contributed by atoms with E-state index in [-0.39, 0.29) is 12.4 Å². The number of carbonyl (C=O) groups is 2. The third-order valence-electron chi connectivity index (χ3n) is 2.91. The molecule has 0 aliphatic carbocycles. The summed E-state index contributed by atoms with van der Waals surface area (Å²) in [4.78, 5) is 22.9. The predicted molar refractivity (Wildman–Crippen MR) is 75.1 cm³/mol. The zero-order valence-corrected chi connectivity index (χ0v) is 11.8. The SMILES string of the molecule is CCCC(NC(=O)OCc1ccccc1)C(O)C(C)=O. The van der Waals surface area contributed by atoms with E-state index in [1.54, 1.807) is 0 Å². The van der Waals surface area contributed by atoms with Gasteiger partial charge >= 0.3 is 6.09 Å². The molecule has 2 N–H and O–H groups in total. The molecule has 2 unspecified atom stereocenters. The standard InChI is InChI=1S/C15H21NO4/c1-3-7-13(14(18)11(2)17)16-15(19)20-10-12-8-5-4-6-9-12/h4-6,8-9,13-14,18H,3,7,10H2,1-2H3,(H,16,19). The van der Waals surface area contributed by atoms with E-state index in [2.05, 4.69) is 5.32 Å². The van der Waals surface area contributed by atoms with Gasteiger partial charge in [-0.25, -0.2) is 4.79 Å². The molecule has 0 saturated heterocycles. The predicted octanol–water partition coefficient (Wildman–Crippen LogP) is 2.03. The van der Waals surface area contributed by atoms with E-state index in [0.29, 0.717) is 6.42 Å². The van der Waals surface area contributed by atoms with E-state index in [4.69, 9.17) is 4.74 Å². The molecule has 0 saturated carbocycles. The van der Waals surface area contributed by atoms with Gasteiger partial charge in [0, 0.05) is 0 Å². The summed E-state index contributed by atoms with van der Waals surface area (Å²) in [5.41, 5.74) is 0.877. The van der Waals surface area contributed by atoms with E-state index in [1.165, 1.54) is 6.92 Å². The van der Waals surface area contributed by atoms with Gasteiger partial charge in [-0.05, 0) is 18.9 Å². The summed E-state index contributed by atoms with van der Waals surface area (Å²) < 4.78 is 5.06.